The summed E-state index contributed by atoms with van der Waals surface area (Å²) in [6.07, 6.45) is -0.0510. The van der Waals surface area contributed by atoms with Crippen LogP contribution >= 0.6 is 12.4 Å². The summed E-state index contributed by atoms with van der Waals surface area (Å²) < 4.78 is 10.5. The molecule has 1 atom stereocenters. The van der Waals surface area contributed by atoms with Gasteiger partial charge in [-0.1, -0.05) is 38.1 Å². The Morgan fingerprint density at radius 1 is 1.04 bits per heavy atom. The van der Waals surface area contributed by atoms with Crippen molar-refractivity contribution in [1.82, 2.24) is 0 Å². The standard InChI is InChI=1S/C22H30N2O3.ClH/c1-16(2)18-7-5-17(6-8-18)15-24(22(25)13-21(14-23)27-4)19-9-11-20(26-3)12-10-19;/h5-12,16,21H,13-15,23H2,1-4H3;1H. The molecule has 154 valence electrons. The first-order valence-corrected chi connectivity index (χ1v) is 9.24. The SMILES string of the molecule is COc1ccc(N(Cc2ccc(C(C)C)cc2)C(=O)CC(CN)OC)cc1.Cl. The number of halogens is 1. The molecule has 0 aromatic heterocycles. The molecule has 2 aromatic carbocycles. The number of nitrogens with two attached hydrogens (primary N) is 1. The van der Waals surface area contributed by atoms with E-state index in [0.29, 0.717) is 19.0 Å². The van der Waals surface area contributed by atoms with Crippen molar-refractivity contribution in [3.63, 3.8) is 0 Å². The number of methoxy groups -OCH3 is 2. The second-order valence-corrected chi connectivity index (χ2v) is 6.87. The van der Waals surface area contributed by atoms with Crippen LogP contribution in [0, 0.1) is 0 Å². The zero-order chi connectivity index (χ0) is 19.8. The van der Waals surface area contributed by atoms with Crippen molar-refractivity contribution in [2.75, 3.05) is 25.7 Å². The Balaban J connectivity index is 0.00000392. The maximum Gasteiger partial charge on any atom is 0.229 e. The van der Waals surface area contributed by atoms with Crippen molar-refractivity contribution in [2.24, 2.45) is 5.73 Å². The minimum atomic E-state index is -0.290. The Kier molecular flexibility index (Phi) is 10.0. The Morgan fingerprint density at radius 2 is 1.64 bits per heavy atom. The van der Waals surface area contributed by atoms with Crippen LogP contribution in [0.4, 0.5) is 5.69 Å². The van der Waals surface area contributed by atoms with Gasteiger partial charge < -0.3 is 20.1 Å². The molecule has 0 bridgehead atoms. The molecule has 0 fully saturated rings. The maximum absolute atomic E-state index is 13.0. The van der Waals surface area contributed by atoms with Crippen molar-refractivity contribution in [1.29, 1.82) is 0 Å². The number of carbonyl (C=O) groups is 1. The third kappa shape index (κ3) is 6.51. The van der Waals surface area contributed by atoms with Crippen LogP contribution in [0.2, 0.25) is 0 Å². The van der Waals surface area contributed by atoms with Crippen molar-refractivity contribution < 1.29 is 14.3 Å². The van der Waals surface area contributed by atoms with Gasteiger partial charge >= 0.3 is 0 Å². The van der Waals surface area contributed by atoms with Crippen molar-refractivity contribution in [3.05, 3.63) is 59.7 Å². The third-order valence-electron chi connectivity index (χ3n) is 4.67. The summed E-state index contributed by atoms with van der Waals surface area (Å²) in [4.78, 5) is 14.7. The fourth-order valence-electron chi connectivity index (χ4n) is 2.84. The van der Waals surface area contributed by atoms with Gasteiger partial charge in [0.1, 0.15) is 5.75 Å². The molecule has 1 amide bonds. The molecule has 28 heavy (non-hydrogen) atoms. The van der Waals surface area contributed by atoms with Crippen LogP contribution in [0.25, 0.3) is 0 Å². The number of amides is 1. The van der Waals surface area contributed by atoms with Crippen LogP contribution in [-0.2, 0) is 16.1 Å². The average Bonchev–Trinajstić information content (AvgIpc) is 2.70. The lowest BCUT2D eigenvalue weighted by atomic mass is 10.0. The molecule has 2 N–H and O–H groups in total. The topological polar surface area (TPSA) is 64.8 Å². The quantitative estimate of drug-likeness (QED) is 0.679. The molecule has 6 heteroatoms. The fraction of sp³-hybridized carbons (Fsp3) is 0.409. The molecule has 2 aromatic rings. The highest BCUT2D eigenvalue weighted by Gasteiger charge is 2.20. The van der Waals surface area contributed by atoms with E-state index in [-0.39, 0.29) is 30.8 Å². The van der Waals surface area contributed by atoms with Crippen LogP contribution in [0.15, 0.2) is 48.5 Å². The molecule has 0 aliphatic heterocycles. The van der Waals surface area contributed by atoms with Gasteiger partial charge in [-0.15, -0.1) is 12.4 Å². The molecular weight excluding hydrogens is 376 g/mol. The zero-order valence-corrected chi connectivity index (χ0v) is 17.9. The summed E-state index contributed by atoms with van der Waals surface area (Å²) in [6.45, 7) is 5.13. The number of hydrogen-bond donors (Lipinski definition) is 1. The molecule has 0 saturated carbocycles. The first kappa shape index (κ1) is 24.0. The van der Waals surface area contributed by atoms with E-state index in [1.807, 2.05) is 24.3 Å². The first-order chi connectivity index (χ1) is 13.0. The normalized spacial score (nSPS) is 11.6. The lowest BCUT2D eigenvalue weighted by Crippen LogP contribution is -2.35. The van der Waals surface area contributed by atoms with Gasteiger partial charge in [-0.25, -0.2) is 0 Å². The fourth-order valence-corrected chi connectivity index (χ4v) is 2.84. The Labute approximate surface area is 174 Å². The van der Waals surface area contributed by atoms with Crippen molar-refractivity contribution >= 4 is 24.0 Å². The van der Waals surface area contributed by atoms with E-state index in [1.54, 1.807) is 19.1 Å². The highest BCUT2D eigenvalue weighted by atomic mass is 35.5. The van der Waals surface area contributed by atoms with Gasteiger partial charge in [-0.2, -0.15) is 0 Å². The Hall–Kier alpha value is -2.08. The van der Waals surface area contributed by atoms with E-state index in [2.05, 4.69) is 38.1 Å². The lowest BCUT2D eigenvalue weighted by molar-refractivity contribution is -0.121. The van der Waals surface area contributed by atoms with Gasteiger partial charge in [-0.3, -0.25) is 4.79 Å². The second-order valence-electron chi connectivity index (χ2n) is 6.87. The maximum atomic E-state index is 13.0. The molecule has 0 aliphatic carbocycles. The largest absolute Gasteiger partial charge is 0.497 e. The predicted molar refractivity (Wildman–Crippen MR) is 116 cm³/mol. The van der Waals surface area contributed by atoms with Crippen LogP contribution < -0.4 is 15.4 Å². The summed E-state index contributed by atoms with van der Waals surface area (Å²) in [7, 11) is 3.20. The molecule has 0 spiro atoms. The van der Waals surface area contributed by atoms with E-state index >= 15 is 0 Å². The summed E-state index contributed by atoms with van der Waals surface area (Å²) in [6, 6.07) is 15.9. The minimum absolute atomic E-state index is 0. The average molecular weight is 407 g/mol. The number of hydrogen-bond acceptors (Lipinski definition) is 4. The van der Waals surface area contributed by atoms with Gasteiger partial charge in [0.2, 0.25) is 5.91 Å². The van der Waals surface area contributed by atoms with E-state index in [0.717, 1.165) is 17.0 Å². The summed E-state index contributed by atoms with van der Waals surface area (Å²) in [5, 5.41) is 0. The molecule has 0 aliphatic rings. The number of ether oxygens (including phenoxy) is 2. The molecular formula is C22H31ClN2O3. The highest BCUT2D eigenvalue weighted by molar-refractivity contribution is 5.93. The van der Waals surface area contributed by atoms with Gasteiger partial charge in [0.15, 0.2) is 0 Å². The molecule has 2 rings (SSSR count). The Bertz CT molecular complexity index is 714. The number of benzene rings is 2. The predicted octanol–water partition coefficient (Wildman–Crippen LogP) is 4.14. The Morgan fingerprint density at radius 3 is 2.11 bits per heavy atom. The van der Waals surface area contributed by atoms with Gasteiger partial charge in [0.25, 0.3) is 0 Å². The van der Waals surface area contributed by atoms with E-state index in [9.17, 15) is 4.79 Å². The second kappa shape index (κ2) is 11.7. The first-order valence-electron chi connectivity index (χ1n) is 9.24. The zero-order valence-electron chi connectivity index (χ0n) is 17.1. The van der Waals surface area contributed by atoms with Crippen LogP contribution in [-0.4, -0.2) is 32.8 Å². The molecule has 0 heterocycles. The van der Waals surface area contributed by atoms with Crippen molar-refractivity contribution in [2.45, 2.75) is 38.8 Å². The molecule has 0 saturated heterocycles. The highest BCUT2D eigenvalue weighted by Crippen LogP contribution is 2.23. The monoisotopic (exact) mass is 406 g/mol. The summed E-state index contributed by atoms with van der Waals surface area (Å²) in [5.74, 6) is 1.21. The molecule has 0 radical (unpaired) electrons. The van der Waals surface area contributed by atoms with Gasteiger partial charge in [0, 0.05) is 19.3 Å². The van der Waals surface area contributed by atoms with E-state index in [4.69, 9.17) is 15.2 Å². The van der Waals surface area contributed by atoms with Crippen LogP contribution in [0.1, 0.15) is 37.3 Å². The van der Waals surface area contributed by atoms with Crippen LogP contribution in [0.3, 0.4) is 0 Å². The number of nitrogens with zero attached hydrogens (tertiary/aromatic N) is 1. The van der Waals surface area contributed by atoms with E-state index < -0.39 is 0 Å². The number of carbonyl (C=O) groups excluding carboxylic acids is 1. The number of rotatable bonds is 9. The summed E-state index contributed by atoms with van der Waals surface area (Å²) >= 11 is 0. The number of anilines is 1. The van der Waals surface area contributed by atoms with Crippen molar-refractivity contribution in [3.8, 4) is 5.75 Å². The van der Waals surface area contributed by atoms with Crippen LogP contribution in [0.5, 0.6) is 5.75 Å². The molecule has 5 nitrogen and oxygen atoms in total. The molecule has 1 unspecified atom stereocenters. The summed E-state index contributed by atoms with van der Waals surface area (Å²) in [5.41, 5.74) is 8.87. The third-order valence-corrected chi connectivity index (χ3v) is 4.67. The smallest absolute Gasteiger partial charge is 0.229 e. The van der Waals surface area contributed by atoms with Gasteiger partial charge in [-0.05, 0) is 41.3 Å². The van der Waals surface area contributed by atoms with Gasteiger partial charge in [0.05, 0.1) is 26.2 Å². The lowest BCUT2D eigenvalue weighted by Gasteiger charge is -2.25. The minimum Gasteiger partial charge on any atom is -0.497 e. The van der Waals surface area contributed by atoms with E-state index in [1.165, 1.54) is 5.56 Å².